The van der Waals surface area contributed by atoms with Gasteiger partial charge in [-0.2, -0.15) is 0 Å². The number of carbonyl (C=O) groups is 1. The first kappa shape index (κ1) is 11.9. The van der Waals surface area contributed by atoms with Gasteiger partial charge in [-0.3, -0.25) is 4.79 Å². The second-order valence-corrected chi connectivity index (χ2v) is 4.66. The molecule has 0 saturated carbocycles. The number of rotatable bonds is 2. The second kappa shape index (κ2) is 4.75. The van der Waals surface area contributed by atoms with Crippen molar-refractivity contribution in [3.05, 3.63) is 24.3 Å². The summed E-state index contributed by atoms with van der Waals surface area (Å²) in [5.74, 6) is 0.773. The van der Waals surface area contributed by atoms with Crippen molar-refractivity contribution in [2.75, 3.05) is 25.0 Å². The van der Waals surface area contributed by atoms with E-state index in [-0.39, 0.29) is 17.6 Å². The summed E-state index contributed by atoms with van der Waals surface area (Å²) in [6.45, 7) is 3.75. The number of phenolic OH excluding ortho intramolecular Hbond substituents is 1. The molecule has 0 radical (unpaired) electrons. The van der Waals surface area contributed by atoms with Gasteiger partial charge in [0.05, 0.1) is 5.92 Å². The van der Waals surface area contributed by atoms with Gasteiger partial charge in [-0.25, -0.2) is 0 Å². The zero-order chi connectivity index (χ0) is 12.4. The normalized spacial score (nSPS) is 23.6. The van der Waals surface area contributed by atoms with Gasteiger partial charge in [0.2, 0.25) is 5.91 Å². The molecule has 4 nitrogen and oxygen atoms in total. The Labute approximate surface area is 101 Å². The molecule has 0 spiro atoms. The van der Waals surface area contributed by atoms with Crippen LogP contribution in [-0.4, -0.2) is 31.2 Å². The molecule has 1 heterocycles. The Morgan fingerprint density at radius 3 is 2.53 bits per heavy atom. The largest absolute Gasteiger partial charge is 0.508 e. The number of aromatic hydroxyl groups is 1. The summed E-state index contributed by atoms with van der Waals surface area (Å²) in [5.41, 5.74) is 0.812. The van der Waals surface area contributed by atoms with Crippen LogP contribution in [0, 0.1) is 11.8 Å². The van der Waals surface area contributed by atoms with E-state index >= 15 is 0 Å². The zero-order valence-electron chi connectivity index (χ0n) is 10.2. The lowest BCUT2D eigenvalue weighted by atomic mass is 9.96. The monoisotopic (exact) mass is 234 g/mol. The molecular weight excluding hydrogens is 216 g/mol. The second-order valence-electron chi connectivity index (χ2n) is 4.66. The van der Waals surface area contributed by atoms with Crippen LogP contribution in [-0.2, 0) is 4.79 Å². The third-order valence-electron chi connectivity index (χ3n) is 3.40. The Balaban J connectivity index is 2.11. The van der Waals surface area contributed by atoms with Crippen molar-refractivity contribution in [2.24, 2.45) is 11.8 Å². The fourth-order valence-electron chi connectivity index (χ4n) is 2.19. The number of nitrogens with zero attached hydrogens (tertiary/aromatic N) is 1. The quantitative estimate of drug-likeness (QED) is 0.808. The molecule has 1 aliphatic heterocycles. The lowest BCUT2D eigenvalue weighted by Crippen LogP contribution is -2.36. The molecule has 0 aromatic heterocycles. The number of anilines is 1. The minimum Gasteiger partial charge on any atom is -0.508 e. The van der Waals surface area contributed by atoms with Crippen molar-refractivity contribution in [2.45, 2.75) is 6.92 Å². The molecule has 0 aliphatic carbocycles. The van der Waals surface area contributed by atoms with E-state index in [0.29, 0.717) is 5.92 Å². The number of phenols is 1. The highest BCUT2D eigenvalue weighted by Crippen LogP contribution is 2.23. The zero-order valence-corrected chi connectivity index (χ0v) is 10.2. The van der Waals surface area contributed by atoms with Crippen LogP contribution in [0.25, 0.3) is 0 Å². The van der Waals surface area contributed by atoms with Gasteiger partial charge in [-0.1, -0.05) is 6.92 Å². The Morgan fingerprint density at radius 1 is 1.35 bits per heavy atom. The maximum absolute atomic E-state index is 12.3. The van der Waals surface area contributed by atoms with E-state index in [9.17, 15) is 9.90 Å². The molecule has 1 fully saturated rings. The summed E-state index contributed by atoms with van der Waals surface area (Å²) >= 11 is 0. The van der Waals surface area contributed by atoms with Crippen LogP contribution in [0.15, 0.2) is 24.3 Å². The van der Waals surface area contributed by atoms with E-state index in [1.807, 2.05) is 0 Å². The third-order valence-corrected chi connectivity index (χ3v) is 3.40. The summed E-state index contributed by atoms with van der Waals surface area (Å²) in [6.07, 6.45) is 0. The highest BCUT2D eigenvalue weighted by Gasteiger charge is 2.31. The summed E-state index contributed by atoms with van der Waals surface area (Å²) in [6, 6.07) is 6.69. The van der Waals surface area contributed by atoms with Crippen molar-refractivity contribution in [3.8, 4) is 5.75 Å². The van der Waals surface area contributed by atoms with Gasteiger partial charge in [-0.15, -0.1) is 0 Å². The maximum atomic E-state index is 12.3. The molecule has 1 aromatic rings. The van der Waals surface area contributed by atoms with Gasteiger partial charge in [0.25, 0.3) is 0 Å². The van der Waals surface area contributed by atoms with Crippen LogP contribution < -0.4 is 10.2 Å². The van der Waals surface area contributed by atoms with E-state index in [1.165, 1.54) is 0 Å². The van der Waals surface area contributed by atoms with Crippen molar-refractivity contribution >= 4 is 11.6 Å². The van der Waals surface area contributed by atoms with Crippen molar-refractivity contribution in [1.29, 1.82) is 0 Å². The van der Waals surface area contributed by atoms with Crippen LogP contribution in [0.4, 0.5) is 5.69 Å². The van der Waals surface area contributed by atoms with Crippen LogP contribution in [0.1, 0.15) is 6.92 Å². The number of benzene rings is 1. The fourth-order valence-corrected chi connectivity index (χ4v) is 2.19. The van der Waals surface area contributed by atoms with Crippen LogP contribution >= 0.6 is 0 Å². The molecular formula is C13H18N2O2. The summed E-state index contributed by atoms with van der Waals surface area (Å²) < 4.78 is 0. The average Bonchev–Trinajstić information content (AvgIpc) is 2.74. The maximum Gasteiger partial charge on any atom is 0.231 e. The van der Waals surface area contributed by atoms with E-state index in [4.69, 9.17) is 0 Å². The van der Waals surface area contributed by atoms with Crippen molar-refractivity contribution < 1.29 is 9.90 Å². The first-order valence-electron chi connectivity index (χ1n) is 5.87. The van der Waals surface area contributed by atoms with Crippen LogP contribution in [0.2, 0.25) is 0 Å². The Morgan fingerprint density at radius 2 is 2.00 bits per heavy atom. The van der Waals surface area contributed by atoms with Gasteiger partial charge in [0, 0.05) is 19.3 Å². The van der Waals surface area contributed by atoms with Crippen LogP contribution in [0.3, 0.4) is 0 Å². The standard InChI is InChI=1S/C13H18N2O2/c1-9-7-14-8-12(9)13(17)15(2)10-3-5-11(16)6-4-10/h3-6,9,12,14,16H,7-8H2,1-2H3. The number of carbonyl (C=O) groups excluding carboxylic acids is 1. The van der Waals surface area contributed by atoms with Gasteiger partial charge < -0.3 is 15.3 Å². The fraction of sp³-hybridized carbons (Fsp3) is 0.462. The molecule has 1 amide bonds. The number of hydrogen-bond donors (Lipinski definition) is 2. The predicted octanol–water partition coefficient (Wildman–Crippen LogP) is 1.21. The average molecular weight is 234 g/mol. The summed E-state index contributed by atoms with van der Waals surface area (Å²) in [7, 11) is 1.78. The molecule has 2 rings (SSSR count). The molecule has 0 bridgehead atoms. The molecule has 2 unspecified atom stereocenters. The molecule has 4 heteroatoms. The Bertz CT molecular complexity index is 402. The van der Waals surface area contributed by atoms with E-state index in [0.717, 1.165) is 18.8 Å². The predicted molar refractivity (Wildman–Crippen MR) is 67.0 cm³/mol. The molecule has 92 valence electrons. The highest BCUT2D eigenvalue weighted by atomic mass is 16.3. The molecule has 2 atom stereocenters. The smallest absolute Gasteiger partial charge is 0.231 e. The Hall–Kier alpha value is -1.55. The van der Waals surface area contributed by atoms with Crippen LogP contribution in [0.5, 0.6) is 5.75 Å². The van der Waals surface area contributed by atoms with E-state index in [2.05, 4.69) is 12.2 Å². The lowest BCUT2D eigenvalue weighted by Gasteiger charge is -2.23. The first-order chi connectivity index (χ1) is 8.09. The summed E-state index contributed by atoms with van der Waals surface area (Å²) in [4.78, 5) is 13.9. The molecule has 1 saturated heterocycles. The SMILES string of the molecule is CC1CNCC1C(=O)N(C)c1ccc(O)cc1. The van der Waals surface area contributed by atoms with Gasteiger partial charge >= 0.3 is 0 Å². The minimum atomic E-state index is 0.0498. The number of hydrogen-bond acceptors (Lipinski definition) is 3. The van der Waals surface area contributed by atoms with Crippen molar-refractivity contribution in [1.82, 2.24) is 5.32 Å². The highest BCUT2D eigenvalue weighted by molar-refractivity contribution is 5.95. The number of nitrogens with one attached hydrogen (secondary N) is 1. The first-order valence-corrected chi connectivity index (χ1v) is 5.87. The molecule has 1 aromatic carbocycles. The van der Waals surface area contributed by atoms with Gasteiger partial charge in [0.1, 0.15) is 5.75 Å². The van der Waals surface area contributed by atoms with E-state index in [1.54, 1.807) is 36.2 Å². The summed E-state index contributed by atoms with van der Waals surface area (Å²) in [5, 5.41) is 12.4. The lowest BCUT2D eigenvalue weighted by molar-refractivity contribution is -0.122. The minimum absolute atomic E-state index is 0.0498. The topological polar surface area (TPSA) is 52.6 Å². The molecule has 2 N–H and O–H groups in total. The number of amides is 1. The third kappa shape index (κ3) is 2.42. The van der Waals surface area contributed by atoms with Gasteiger partial charge in [-0.05, 0) is 36.7 Å². The van der Waals surface area contributed by atoms with E-state index < -0.39 is 0 Å². The van der Waals surface area contributed by atoms with Crippen molar-refractivity contribution in [3.63, 3.8) is 0 Å². The molecule has 1 aliphatic rings. The van der Waals surface area contributed by atoms with Gasteiger partial charge in [0.15, 0.2) is 0 Å². The molecule has 17 heavy (non-hydrogen) atoms. The Kier molecular flexibility index (Phi) is 3.33.